The second-order valence-electron chi connectivity index (χ2n) is 6.78. The van der Waals surface area contributed by atoms with Gasteiger partial charge in [-0.2, -0.15) is 0 Å². The summed E-state index contributed by atoms with van der Waals surface area (Å²) in [5, 5.41) is 5.72. The van der Waals surface area contributed by atoms with Gasteiger partial charge in [-0.15, -0.1) is 0 Å². The Morgan fingerprint density at radius 3 is 2.69 bits per heavy atom. The zero-order valence-electron chi connectivity index (χ0n) is 15.4. The maximum absolute atomic E-state index is 12.2. The Morgan fingerprint density at radius 2 is 2.08 bits per heavy atom. The maximum atomic E-state index is 12.2. The van der Waals surface area contributed by atoms with E-state index in [-0.39, 0.29) is 12.1 Å². The summed E-state index contributed by atoms with van der Waals surface area (Å²) in [7, 11) is 3.91. The second-order valence-corrected chi connectivity index (χ2v) is 6.78. The molecule has 0 aliphatic carbocycles. The van der Waals surface area contributed by atoms with Crippen LogP contribution >= 0.6 is 0 Å². The molecule has 0 spiro atoms. The quantitative estimate of drug-likeness (QED) is 0.831. The number of nitrogens with zero attached hydrogens (tertiary/aromatic N) is 3. The summed E-state index contributed by atoms with van der Waals surface area (Å²) >= 11 is 0. The molecule has 7 heteroatoms. The molecule has 1 aliphatic rings. The van der Waals surface area contributed by atoms with Crippen LogP contribution in [0.1, 0.15) is 31.1 Å². The van der Waals surface area contributed by atoms with Gasteiger partial charge in [-0.3, -0.25) is 4.90 Å². The van der Waals surface area contributed by atoms with E-state index in [9.17, 15) is 4.79 Å². The lowest BCUT2D eigenvalue weighted by molar-refractivity contribution is 0.233. The molecule has 0 saturated carbocycles. The van der Waals surface area contributed by atoms with Crippen molar-refractivity contribution in [1.82, 2.24) is 15.2 Å². The average molecular weight is 357 g/mol. The van der Waals surface area contributed by atoms with Crippen molar-refractivity contribution in [2.45, 2.75) is 25.3 Å². The van der Waals surface area contributed by atoms with Crippen LogP contribution in [0.25, 0.3) is 0 Å². The Morgan fingerprint density at radius 1 is 1.27 bits per heavy atom. The minimum Gasteiger partial charge on any atom is -0.468 e. The number of anilines is 2. The smallest absolute Gasteiger partial charge is 0.319 e. The molecule has 2 aromatic heterocycles. The van der Waals surface area contributed by atoms with E-state index in [0.29, 0.717) is 12.2 Å². The number of carbonyl (C=O) groups excluding carboxylic acids is 1. The van der Waals surface area contributed by atoms with E-state index in [4.69, 9.17) is 4.42 Å². The maximum Gasteiger partial charge on any atom is 0.319 e. The minimum atomic E-state index is -0.254. The highest BCUT2D eigenvalue weighted by atomic mass is 16.3. The third-order valence-electron chi connectivity index (χ3n) is 4.64. The number of rotatable bonds is 6. The number of furan rings is 1. The molecule has 1 fully saturated rings. The number of aromatic nitrogens is 1. The first-order valence-corrected chi connectivity index (χ1v) is 9.09. The third kappa shape index (κ3) is 4.76. The SMILES string of the molecule is CN(C)[C@@H](CNC(=O)Nc1ccc(N2CCCCC2)nc1)c1ccco1. The fourth-order valence-corrected chi connectivity index (χ4v) is 3.15. The van der Waals surface area contributed by atoms with Gasteiger partial charge in [0, 0.05) is 19.6 Å². The van der Waals surface area contributed by atoms with Crippen LogP contribution in [0, 0.1) is 0 Å². The highest BCUT2D eigenvalue weighted by Crippen LogP contribution is 2.19. The first-order valence-electron chi connectivity index (χ1n) is 9.09. The Balaban J connectivity index is 1.51. The van der Waals surface area contributed by atoms with Crippen molar-refractivity contribution in [2.75, 3.05) is 43.9 Å². The summed E-state index contributed by atoms with van der Waals surface area (Å²) in [6.45, 7) is 2.56. The van der Waals surface area contributed by atoms with Gasteiger partial charge >= 0.3 is 6.03 Å². The average Bonchev–Trinajstić information content (AvgIpc) is 3.17. The number of likely N-dealkylation sites (N-methyl/N-ethyl adjacent to an activating group) is 1. The lowest BCUT2D eigenvalue weighted by atomic mass is 10.1. The number of urea groups is 1. The van der Waals surface area contributed by atoms with Crippen LogP contribution in [0.3, 0.4) is 0 Å². The molecule has 0 unspecified atom stereocenters. The first kappa shape index (κ1) is 18.3. The van der Waals surface area contributed by atoms with Gasteiger partial charge in [0.2, 0.25) is 0 Å². The molecular weight excluding hydrogens is 330 g/mol. The Kier molecular flexibility index (Phi) is 6.12. The third-order valence-corrected chi connectivity index (χ3v) is 4.64. The molecule has 2 aromatic rings. The monoisotopic (exact) mass is 357 g/mol. The molecule has 1 aliphatic heterocycles. The first-order chi connectivity index (χ1) is 12.6. The number of amides is 2. The van der Waals surface area contributed by atoms with Crippen molar-refractivity contribution in [2.24, 2.45) is 0 Å². The summed E-state index contributed by atoms with van der Waals surface area (Å²) < 4.78 is 5.45. The van der Waals surface area contributed by atoms with Crippen molar-refractivity contribution in [3.63, 3.8) is 0 Å². The van der Waals surface area contributed by atoms with Gasteiger partial charge in [0.1, 0.15) is 11.6 Å². The molecule has 1 saturated heterocycles. The summed E-state index contributed by atoms with van der Waals surface area (Å²) in [5.41, 5.74) is 0.683. The van der Waals surface area contributed by atoms with Crippen molar-refractivity contribution in [3.05, 3.63) is 42.5 Å². The fourth-order valence-electron chi connectivity index (χ4n) is 3.15. The number of pyridine rings is 1. The lowest BCUT2D eigenvalue weighted by Gasteiger charge is -2.27. The molecule has 3 rings (SSSR count). The van der Waals surface area contributed by atoms with E-state index in [1.807, 2.05) is 43.3 Å². The summed E-state index contributed by atoms with van der Waals surface area (Å²) in [4.78, 5) is 21.0. The minimum absolute atomic E-state index is 0.0182. The normalized spacial score (nSPS) is 15.7. The van der Waals surface area contributed by atoms with Gasteiger partial charge in [-0.25, -0.2) is 9.78 Å². The van der Waals surface area contributed by atoms with Gasteiger partial charge < -0.3 is 20.0 Å². The summed E-state index contributed by atoms with van der Waals surface area (Å²) in [6, 6.07) is 7.35. The van der Waals surface area contributed by atoms with Gasteiger partial charge in [0.15, 0.2) is 0 Å². The summed E-state index contributed by atoms with van der Waals surface area (Å²) in [6.07, 6.45) is 7.07. The van der Waals surface area contributed by atoms with Crippen LogP contribution in [0.2, 0.25) is 0 Å². The molecule has 7 nitrogen and oxygen atoms in total. The molecule has 0 bridgehead atoms. The van der Waals surface area contributed by atoms with Crippen LogP contribution < -0.4 is 15.5 Å². The highest BCUT2D eigenvalue weighted by Gasteiger charge is 2.18. The molecule has 140 valence electrons. The number of hydrogen-bond acceptors (Lipinski definition) is 5. The van der Waals surface area contributed by atoms with Crippen LogP contribution in [0.5, 0.6) is 0 Å². The van der Waals surface area contributed by atoms with E-state index in [2.05, 4.69) is 20.5 Å². The van der Waals surface area contributed by atoms with Gasteiger partial charge in [-0.05, 0) is 57.6 Å². The largest absolute Gasteiger partial charge is 0.468 e. The number of carbonyl (C=O) groups is 1. The van der Waals surface area contributed by atoms with E-state index < -0.39 is 0 Å². The van der Waals surface area contributed by atoms with E-state index >= 15 is 0 Å². The van der Waals surface area contributed by atoms with Crippen LogP contribution in [-0.4, -0.2) is 49.6 Å². The molecule has 26 heavy (non-hydrogen) atoms. The van der Waals surface area contributed by atoms with Gasteiger partial charge in [-0.1, -0.05) is 0 Å². The predicted octanol–water partition coefficient (Wildman–Crippen LogP) is 3.09. The Hall–Kier alpha value is -2.54. The van der Waals surface area contributed by atoms with Crippen molar-refractivity contribution < 1.29 is 9.21 Å². The predicted molar refractivity (Wildman–Crippen MR) is 102 cm³/mol. The molecule has 2 amide bonds. The highest BCUT2D eigenvalue weighted by molar-refractivity contribution is 5.89. The molecule has 0 radical (unpaired) electrons. The molecular formula is C19H27N5O2. The van der Waals surface area contributed by atoms with Crippen LogP contribution in [0.4, 0.5) is 16.3 Å². The standard InChI is InChI=1S/C19H27N5O2/c1-23(2)16(17-7-6-12-26-17)14-21-19(25)22-15-8-9-18(20-13-15)24-10-4-3-5-11-24/h6-9,12-13,16H,3-5,10-11,14H2,1-2H3,(H2,21,22,25)/t16-/m0/s1. The Labute approximate surface area is 154 Å². The van der Waals surface area contributed by atoms with Crippen molar-refractivity contribution in [1.29, 1.82) is 0 Å². The molecule has 1 atom stereocenters. The summed E-state index contributed by atoms with van der Waals surface area (Å²) in [5.74, 6) is 1.80. The van der Waals surface area contributed by atoms with E-state index in [1.54, 1.807) is 12.5 Å². The van der Waals surface area contributed by atoms with Crippen LogP contribution in [0.15, 0.2) is 41.1 Å². The fraction of sp³-hybridized carbons (Fsp3) is 0.474. The van der Waals surface area contributed by atoms with Crippen molar-refractivity contribution >= 4 is 17.5 Å². The molecule has 0 aromatic carbocycles. The van der Waals surface area contributed by atoms with Crippen LogP contribution in [-0.2, 0) is 0 Å². The molecule has 2 N–H and O–H groups in total. The Bertz CT molecular complexity index is 678. The van der Waals surface area contributed by atoms with E-state index in [0.717, 1.165) is 24.7 Å². The van der Waals surface area contributed by atoms with Gasteiger partial charge in [0.05, 0.1) is 24.2 Å². The zero-order valence-corrected chi connectivity index (χ0v) is 15.4. The zero-order chi connectivity index (χ0) is 18.4. The number of hydrogen-bond donors (Lipinski definition) is 2. The van der Waals surface area contributed by atoms with Crippen molar-refractivity contribution in [3.8, 4) is 0 Å². The molecule has 3 heterocycles. The second kappa shape index (κ2) is 8.71. The number of nitrogens with one attached hydrogen (secondary N) is 2. The lowest BCUT2D eigenvalue weighted by Crippen LogP contribution is -2.36. The topological polar surface area (TPSA) is 73.6 Å². The van der Waals surface area contributed by atoms with Gasteiger partial charge in [0.25, 0.3) is 0 Å². The number of piperidine rings is 1. The van der Waals surface area contributed by atoms with E-state index in [1.165, 1.54) is 19.3 Å².